The summed E-state index contributed by atoms with van der Waals surface area (Å²) in [5, 5.41) is 10.8. The molecule has 0 aliphatic heterocycles. The molecule has 1 rings (SSSR count). The highest BCUT2D eigenvalue weighted by Gasteiger charge is 2.16. The molecule has 0 fully saturated rings. The van der Waals surface area contributed by atoms with E-state index in [-0.39, 0.29) is 5.69 Å². The van der Waals surface area contributed by atoms with Crippen LogP contribution in [-0.4, -0.2) is 11.5 Å². The SMILES string of the molecule is CCCC(C)COc1ccc(Br)cc1[N+](=O)[O-]. The van der Waals surface area contributed by atoms with Crippen LogP contribution < -0.4 is 4.74 Å². The quantitative estimate of drug-likeness (QED) is 0.585. The molecule has 0 aromatic heterocycles. The van der Waals surface area contributed by atoms with Crippen LogP contribution in [0.1, 0.15) is 26.7 Å². The molecule has 0 heterocycles. The summed E-state index contributed by atoms with van der Waals surface area (Å²) in [6.07, 6.45) is 2.15. The summed E-state index contributed by atoms with van der Waals surface area (Å²) >= 11 is 3.21. The standard InChI is InChI=1S/C12H16BrNO3/c1-3-4-9(2)8-17-12-6-5-10(13)7-11(12)14(15)16/h5-7,9H,3-4,8H2,1-2H3. The van der Waals surface area contributed by atoms with E-state index in [1.54, 1.807) is 12.1 Å². The van der Waals surface area contributed by atoms with Crippen molar-refractivity contribution >= 4 is 21.6 Å². The summed E-state index contributed by atoms with van der Waals surface area (Å²) in [5.41, 5.74) is 0.00285. The summed E-state index contributed by atoms with van der Waals surface area (Å²) < 4.78 is 6.18. The Labute approximate surface area is 109 Å². The van der Waals surface area contributed by atoms with Gasteiger partial charge in [0.05, 0.1) is 11.5 Å². The van der Waals surface area contributed by atoms with Crippen molar-refractivity contribution in [3.63, 3.8) is 0 Å². The Bertz CT molecular complexity index is 395. The van der Waals surface area contributed by atoms with E-state index in [1.165, 1.54) is 6.07 Å². The first-order chi connectivity index (χ1) is 8.04. The lowest BCUT2D eigenvalue weighted by Gasteiger charge is -2.12. The maximum absolute atomic E-state index is 10.8. The lowest BCUT2D eigenvalue weighted by atomic mass is 10.1. The van der Waals surface area contributed by atoms with Gasteiger partial charge in [0.2, 0.25) is 0 Å². The van der Waals surface area contributed by atoms with Crippen molar-refractivity contribution in [3.05, 3.63) is 32.8 Å². The molecule has 0 saturated carbocycles. The highest BCUT2D eigenvalue weighted by Crippen LogP contribution is 2.30. The molecule has 0 spiro atoms. The Kier molecular flexibility index (Phi) is 5.41. The van der Waals surface area contributed by atoms with Crippen LogP contribution in [0.15, 0.2) is 22.7 Å². The van der Waals surface area contributed by atoms with Gasteiger partial charge >= 0.3 is 5.69 Å². The summed E-state index contributed by atoms with van der Waals surface area (Å²) in [7, 11) is 0. The van der Waals surface area contributed by atoms with Crippen LogP contribution >= 0.6 is 15.9 Å². The van der Waals surface area contributed by atoms with E-state index in [0.717, 1.165) is 12.8 Å². The van der Waals surface area contributed by atoms with Gasteiger partial charge in [-0.05, 0) is 24.5 Å². The first-order valence-corrected chi connectivity index (χ1v) is 6.40. The number of halogens is 1. The summed E-state index contributed by atoms with van der Waals surface area (Å²) in [5.74, 6) is 0.740. The molecule has 0 bridgehead atoms. The van der Waals surface area contributed by atoms with Crippen LogP contribution in [0, 0.1) is 16.0 Å². The lowest BCUT2D eigenvalue weighted by molar-refractivity contribution is -0.386. The number of hydrogen-bond donors (Lipinski definition) is 0. The molecule has 1 aromatic rings. The van der Waals surface area contributed by atoms with Gasteiger partial charge in [-0.15, -0.1) is 0 Å². The second-order valence-electron chi connectivity index (χ2n) is 4.07. The summed E-state index contributed by atoms with van der Waals surface area (Å²) in [6, 6.07) is 4.83. The van der Waals surface area contributed by atoms with Gasteiger partial charge in [-0.25, -0.2) is 0 Å². The minimum Gasteiger partial charge on any atom is -0.487 e. The zero-order valence-corrected chi connectivity index (χ0v) is 11.6. The molecule has 5 heteroatoms. The van der Waals surface area contributed by atoms with E-state index in [2.05, 4.69) is 29.8 Å². The lowest BCUT2D eigenvalue weighted by Crippen LogP contribution is -2.09. The third kappa shape index (κ3) is 4.34. The molecule has 0 saturated heterocycles. The van der Waals surface area contributed by atoms with Gasteiger partial charge in [-0.1, -0.05) is 36.2 Å². The zero-order valence-electron chi connectivity index (χ0n) is 9.98. The molecule has 0 radical (unpaired) electrons. The minimum atomic E-state index is -0.426. The van der Waals surface area contributed by atoms with Crippen molar-refractivity contribution in [1.29, 1.82) is 0 Å². The molecular formula is C12H16BrNO3. The maximum Gasteiger partial charge on any atom is 0.312 e. The van der Waals surface area contributed by atoms with Crippen molar-refractivity contribution in [3.8, 4) is 5.75 Å². The number of benzene rings is 1. The van der Waals surface area contributed by atoms with Crippen molar-refractivity contribution in [2.75, 3.05) is 6.61 Å². The van der Waals surface area contributed by atoms with Gasteiger partial charge in [0.1, 0.15) is 0 Å². The first kappa shape index (κ1) is 14.0. The van der Waals surface area contributed by atoms with E-state index < -0.39 is 4.92 Å². The summed E-state index contributed by atoms with van der Waals surface area (Å²) in [6.45, 7) is 4.70. The second kappa shape index (κ2) is 6.59. The van der Waals surface area contributed by atoms with E-state index in [1.807, 2.05) is 0 Å². The Morgan fingerprint density at radius 1 is 1.53 bits per heavy atom. The van der Waals surface area contributed by atoms with Gasteiger partial charge in [0.15, 0.2) is 5.75 Å². The molecule has 0 N–H and O–H groups in total. The molecule has 17 heavy (non-hydrogen) atoms. The van der Waals surface area contributed by atoms with Gasteiger partial charge in [0.25, 0.3) is 0 Å². The number of rotatable bonds is 6. The van der Waals surface area contributed by atoms with Gasteiger partial charge in [0, 0.05) is 10.5 Å². The average Bonchev–Trinajstić information content (AvgIpc) is 2.27. The van der Waals surface area contributed by atoms with Crippen molar-refractivity contribution in [2.24, 2.45) is 5.92 Å². The third-order valence-electron chi connectivity index (χ3n) is 2.42. The largest absolute Gasteiger partial charge is 0.487 e. The van der Waals surface area contributed by atoms with Gasteiger partial charge in [-0.2, -0.15) is 0 Å². The fraction of sp³-hybridized carbons (Fsp3) is 0.500. The number of hydrogen-bond acceptors (Lipinski definition) is 3. The van der Waals surface area contributed by atoms with Crippen molar-refractivity contribution in [2.45, 2.75) is 26.7 Å². The van der Waals surface area contributed by atoms with E-state index in [4.69, 9.17) is 4.74 Å². The highest BCUT2D eigenvalue weighted by atomic mass is 79.9. The molecule has 1 atom stereocenters. The second-order valence-corrected chi connectivity index (χ2v) is 4.99. The topological polar surface area (TPSA) is 52.4 Å². The van der Waals surface area contributed by atoms with Crippen LogP contribution in [0.2, 0.25) is 0 Å². The highest BCUT2D eigenvalue weighted by molar-refractivity contribution is 9.10. The molecule has 0 aliphatic rings. The smallest absolute Gasteiger partial charge is 0.312 e. The number of ether oxygens (including phenoxy) is 1. The predicted octanol–water partition coefficient (Wildman–Crippen LogP) is 4.17. The molecule has 94 valence electrons. The fourth-order valence-electron chi connectivity index (χ4n) is 1.56. The van der Waals surface area contributed by atoms with E-state index >= 15 is 0 Å². The molecule has 4 nitrogen and oxygen atoms in total. The van der Waals surface area contributed by atoms with Crippen LogP contribution in [-0.2, 0) is 0 Å². The molecule has 1 unspecified atom stereocenters. The molecule has 0 amide bonds. The van der Waals surface area contributed by atoms with Crippen molar-refractivity contribution < 1.29 is 9.66 Å². The zero-order chi connectivity index (χ0) is 12.8. The molecular weight excluding hydrogens is 286 g/mol. The van der Waals surface area contributed by atoms with Crippen molar-refractivity contribution in [1.82, 2.24) is 0 Å². The Morgan fingerprint density at radius 2 is 2.24 bits per heavy atom. The van der Waals surface area contributed by atoms with Gasteiger partial charge in [-0.3, -0.25) is 10.1 Å². The molecule has 0 aliphatic carbocycles. The summed E-state index contributed by atoms with van der Waals surface area (Å²) in [4.78, 5) is 10.4. The Balaban J connectivity index is 2.73. The molecule has 1 aromatic carbocycles. The van der Waals surface area contributed by atoms with Crippen LogP contribution in [0.5, 0.6) is 5.75 Å². The number of nitrogens with zero attached hydrogens (tertiary/aromatic N) is 1. The van der Waals surface area contributed by atoms with Crippen LogP contribution in [0.4, 0.5) is 5.69 Å². The van der Waals surface area contributed by atoms with Gasteiger partial charge < -0.3 is 4.74 Å². The Morgan fingerprint density at radius 3 is 2.82 bits per heavy atom. The van der Waals surface area contributed by atoms with Crippen LogP contribution in [0.25, 0.3) is 0 Å². The fourth-order valence-corrected chi connectivity index (χ4v) is 1.91. The third-order valence-corrected chi connectivity index (χ3v) is 2.92. The number of nitro benzene ring substituents is 1. The first-order valence-electron chi connectivity index (χ1n) is 5.61. The average molecular weight is 302 g/mol. The normalized spacial score (nSPS) is 12.2. The van der Waals surface area contributed by atoms with E-state index in [0.29, 0.717) is 22.7 Å². The minimum absolute atomic E-state index is 0.00285. The van der Waals surface area contributed by atoms with Crippen LogP contribution in [0.3, 0.4) is 0 Å². The monoisotopic (exact) mass is 301 g/mol. The number of nitro groups is 1. The maximum atomic E-state index is 10.8. The Hall–Kier alpha value is -1.10. The predicted molar refractivity (Wildman–Crippen MR) is 70.4 cm³/mol. The van der Waals surface area contributed by atoms with E-state index in [9.17, 15) is 10.1 Å².